The molecule has 8 heteroatoms. The standard InChI is InChI=1S/C12H10ClFN2O3S/c1-7-5-8(13)6-10(11(7)17)16-20(18,19)12-9(14)3-2-4-15-12/h2-6,16-17H,1H3. The first kappa shape index (κ1) is 14.5. The lowest BCUT2D eigenvalue weighted by Gasteiger charge is -2.11. The highest BCUT2D eigenvalue weighted by Crippen LogP contribution is 2.32. The molecule has 0 bridgehead atoms. The number of sulfonamides is 1. The van der Waals surface area contributed by atoms with Gasteiger partial charge in [0.25, 0.3) is 10.0 Å². The van der Waals surface area contributed by atoms with Crippen LogP contribution in [-0.4, -0.2) is 18.5 Å². The minimum absolute atomic E-state index is 0.139. The molecule has 2 N–H and O–H groups in total. The summed E-state index contributed by atoms with van der Waals surface area (Å²) >= 11 is 5.79. The Balaban J connectivity index is 2.47. The molecule has 0 aliphatic rings. The Hall–Kier alpha value is -1.86. The van der Waals surface area contributed by atoms with Crippen molar-refractivity contribution in [2.75, 3.05) is 4.72 Å². The molecule has 0 atom stereocenters. The van der Waals surface area contributed by atoms with Crippen molar-refractivity contribution < 1.29 is 17.9 Å². The molecule has 0 radical (unpaired) electrons. The predicted octanol–water partition coefficient (Wildman–Crippen LogP) is 2.69. The molecule has 0 aliphatic carbocycles. The van der Waals surface area contributed by atoms with Crippen molar-refractivity contribution in [3.63, 3.8) is 0 Å². The minimum atomic E-state index is -4.25. The van der Waals surface area contributed by atoms with Crippen LogP contribution in [0.1, 0.15) is 5.56 Å². The molecule has 0 saturated carbocycles. The van der Waals surface area contributed by atoms with Gasteiger partial charge in [0, 0.05) is 11.2 Å². The molecule has 0 fully saturated rings. The number of halogens is 2. The third kappa shape index (κ3) is 2.83. The molecule has 2 aromatic rings. The minimum Gasteiger partial charge on any atom is -0.505 e. The van der Waals surface area contributed by atoms with Gasteiger partial charge >= 0.3 is 0 Å². The van der Waals surface area contributed by atoms with Gasteiger partial charge in [-0.2, -0.15) is 8.42 Å². The fourth-order valence-electron chi connectivity index (χ4n) is 1.58. The number of benzene rings is 1. The lowest BCUT2D eigenvalue weighted by Crippen LogP contribution is -2.16. The molecule has 0 spiro atoms. The number of aromatic nitrogens is 1. The Morgan fingerprint density at radius 3 is 2.75 bits per heavy atom. The summed E-state index contributed by atoms with van der Waals surface area (Å²) in [5, 5.41) is 9.28. The molecule has 106 valence electrons. The number of anilines is 1. The van der Waals surface area contributed by atoms with Crippen LogP contribution in [0.25, 0.3) is 0 Å². The first-order chi connectivity index (χ1) is 9.31. The average Bonchev–Trinajstić information content (AvgIpc) is 2.35. The first-order valence-electron chi connectivity index (χ1n) is 5.44. The fourth-order valence-corrected chi connectivity index (χ4v) is 2.91. The van der Waals surface area contributed by atoms with Gasteiger partial charge in [-0.3, -0.25) is 4.72 Å². The van der Waals surface area contributed by atoms with E-state index in [4.69, 9.17) is 11.6 Å². The number of hydrogen-bond donors (Lipinski definition) is 2. The van der Waals surface area contributed by atoms with Crippen LogP contribution in [0.2, 0.25) is 5.02 Å². The molecular formula is C12H10ClFN2O3S. The van der Waals surface area contributed by atoms with Crippen molar-refractivity contribution >= 4 is 27.3 Å². The zero-order valence-electron chi connectivity index (χ0n) is 10.3. The number of nitrogens with zero attached hydrogens (tertiary/aromatic N) is 1. The molecule has 20 heavy (non-hydrogen) atoms. The zero-order chi connectivity index (χ0) is 14.9. The van der Waals surface area contributed by atoms with E-state index in [1.165, 1.54) is 18.2 Å². The van der Waals surface area contributed by atoms with E-state index < -0.39 is 20.9 Å². The van der Waals surface area contributed by atoms with Gasteiger partial charge in [0.15, 0.2) is 5.82 Å². The predicted molar refractivity (Wildman–Crippen MR) is 72.9 cm³/mol. The van der Waals surface area contributed by atoms with E-state index in [9.17, 15) is 17.9 Å². The number of aryl methyl sites for hydroxylation is 1. The second-order valence-electron chi connectivity index (χ2n) is 4.01. The number of phenolic OH excluding ortho intramolecular Hbond substituents is 1. The van der Waals surface area contributed by atoms with Crippen molar-refractivity contribution in [1.82, 2.24) is 4.98 Å². The number of pyridine rings is 1. The summed E-state index contributed by atoms with van der Waals surface area (Å²) in [6, 6.07) is 4.94. The quantitative estimate of drug-likeness (QED) is 0.853. The van der Waals surface area contributed by atoms with Crippen molar-refractivity contribution in [1.29, 1.82) is 0 Å². The highest BCUT2D eigenvalue weighted by Gasteiger charge is 2.22. The third-order valence-corrected chi connectivity index (χ3v) is 4.01. The summed E-state index contributed by atoms with van der Waals surface area (Å²) < 4.78 is 39.6. The van der Waals surface area contributed by atoms with Crippen LogP contribution >= 0.6 is 11.6 Å². The first-order valence-corrected chi connectivity index (χ1v) is 7.30. The van der Waals surface area contributed by atoms with Crippen LogP contribution in [-0.2, 0) is 10.0 Å². The summed E-state index contributed by atoms with van der Waals surface area (Å²) in [6.07, 6.45) is 1.15. The van der Waals surface area contributed by atoms with E-state index in [1.54, 1.807) is 6.92 Å². The topological polar surface area (TPSA) is 79.3 Å². The summed E-state index contributed by atoms with van der Waals surface area (Å²) in [7, 11) is -4.25. The Kier molecular flexibility index (Phi) is 3.82. The maximum absolute atomic E-state index is 13.5. The van der Waals surface area contributed by atoms with Crippen molar-refractivity contribution in [3.8, 4) is 5.75 Å². The maximum atomic E-state index is 13.5. The second-order valence-corrected chi connectivity index (χ2v) is 6.05. The third-order valence-electron chi connectivity index (χ3n) is 2.49. The summed E-state index contributed by atoms with van der Waals surface area (Å²) in [5.41, 5.74) is 0.247. The largest absolute Gasteiger partial charge is 0.505 e. The average molecular weight is 317 g/mol. The zero-order valence-corrected chi connectivity index (χ0v) is 11.8. The van der Waals surface area contributed by atoms with Crippen LogP contribution in [0.5, 0.6) is 5.75 Å². The van der Waals surface area contributed by atoms with E-state index in [-0.39, 0.29) is 16.5 Å². The highest BCUT2D eigenvalue weighted by molar-refractivity contribution is 7.92. The Labute approximate surface area is 120 Å². The number of nitrogens with one attached hydrogen (secondary N) is 1. The highest BCUT2D eigenvalue weighted by atomic mass is 35.5. The van der Waals surface area contributed by atoms with Gasteiger partial charge in [0.2, 0.25) is 5.03 Å². The number of phenols is 1. The lowest BCUT2D eigenvalue weighted by molar-refractivity contribution is 0.473. The Morgan fingerprint density at radius 2 is 2.10 bits per heavy atom. The van der Waals surface area contributed by atoms with Crippen LogP contribution in [0.15, 0.2) is 35.5 Å². The van der Waals surface area contributed by atoms with Crippen LogP contribution < -0.4 is 4.72 Å². The van der Waals surface area contributed by atoms with Crippen LogP contribution in [0.4, 0.5) is 10.1 Å². The molecule has 0 amide bonds. The van der Waals surface area contributed by atoms with E-state index in [0.717, 1.165) is 12.3 Å². The van der Waals surface area contributed by atoms with Crippen LogP contribution in [0, 0.1) is 12.7 Å². The molecule has 1 aromatic heterocycles. The van der Waals surface area contributed by atoms with E-state index >= 15 is 0 Å². The van der Waals surface area contributed by atoms with Gasteiger partial charge in [-0.05, 0) is 36.8 Å². The molecule has 0 aliphatic heterocycles. The van der Waals surface area contributed by atoms with Crippen molar-refractivity contribution in [3.05, 3.63) is 46.9 Å². The number of rotatable bonds is 3. The smallest absolute Gasteiger partial charge is 0.282 e. The van der Waals surface area contributed by atoms with Crippen molar-refractivity contribution in [2.45, 2.75) is 11.9 Å². The van der Waals surface area contributed by atoms with E-state index in [0.29, 0.717) is 5.56 Å². The molecule has 5 nitrogen and oxygen atoms in total. The Morgan fingerprint density at radius 1 is 1.40 bits per heavy atom. The second kappa shape index (κ2) is 5.26. The molecule has 1 heterocycles. The number of aromatic hydroxyl groups is 1. The molecular weight excluding hydrogens is 307 g/mol. The van der Waals surface area contributed by atoms with Crippen molar-refractivity contribution in [2.24, 2.45) is 0 Å². The molecule has 0 unspecified atom stereocenters. The lowest BCUT2D eigenvalue weighted by atomic mass is 10.2. The van der Waals surface area contributed by atoms with Gasteiger partial charge < -0.3 is 5.11 Å². The van der Waals surface area contributed by atoms with Crippen LogP contribution in [0.3, 0.4) is 0 Å². The van der Waals surface area contributed by atoms with Gasteiger partial charge in [-0.15, -0.1) is 0 Å². The molecule has 0 saturated heterocycles. The number of hydrogen-bond acceptors (Lipinski definition) is 4. The molecule has 1 aromatic carbocycles. The van der Waals surface area contributed by atoms with E-state index in [1.807, 2.05) is 0 Å². The summed E-state index contributed by atoms with van der Waals surface area (Å²) in [5.74, 6) is -1.27. The van der Waals surface area contributed by atoms with E-state index in [2.05, 4.69) is 9.71 Å². The Bertz CT molecular complexity index is 765. The van der Waals surface area contributed by atoms with Gasteiger partial charge in [0.05, 0.1) is 5.69 Å². The van der Waals surface area contributed by atoms with Gasteiger partial charge in [0.1, 0.15) is 5.75 Å². The van der Waals surface area contributed by atoms with Gasteiger partial charge in [-0.25, -0.2) is 9.37 Å². The summed E-state index contributed by atoms with van der Waals surface area (Å²) in [4.78, 5) is 3.48. The monoisotopic (exact) mass is 316 g/mol. The SMILES string of the molecule is Cc1cc(Cl)cc(NS(=O)(=O)c2ncccc2F)c1O. The fraction of sp³-hybridized carbons (Fsp3) is 0.0833. The summed E-state index contributed by atoms with van der Waals surface area (Å²) in [6.45, 7) is 1.56. The normalized spacial score (nSPS) is 11.3. The maximum Gasteiger partial charge on any atom is 0.282 e. The van der Waals surface area contributed by atoms with Gasteiger partial charge in [-0.1, -0.05) is 11.6 Å². The molecule has 2 rings (SSSR count).